The van der Waals surface area contributed by atoms with Crippen molar-refractivity contribution in [2.24, 2.45) is 7.05 Å². The number of hydrogen-bond acceptors (Lipinski definition) is 4. The second-order valence-electron chi connectivity index (χ2n) is 6.85. The minimum Gasteiger partial charge on any atom is -0.494 e. The molecule has 0 fully saturated rings. The molecule has 0 aliphatic carbocycles. The first kappa shape index (κ1) is 17.3. The Labute approximate surface area is 158 Å². The van der Waals surface area contributed by atoms with Gasteiger partial charge in [0.15, 0.2) is 0 Å². The lowest BCUT2D eigenvalue weighted by atomic mass is 9.86. The summed E-state index contributed by atoms with van der Waals surface area (Å²) in [5, 5.41) is 7.42. The fourth-order valence-electron chi connectivity index (χ4n) is 3.67. The quantitative estimate of drug-likeness (QED) is 0.682. The molecule has 1 N–H and O–H groups in total. The van der Waals surface area contributed by atoms with Gasteiger partial charge in [-0.25, -0.2) is 4.98 Å². The number of nitrogens with zero attached hydrogens (tertiary/aromatic N) is 4. The standard InChI is InChI=1S/C20H23N5O2/c1-14-19-17(12-18(26)22-20(19)24(2)23-14)15-5-3-6-16(11-15)27-10-4-8-25-9-7-21-13-25/h3,5-7,9,11,13,17H,4,8,10,12H2,1-2H3,(H,22,26)/t17-/m0/s1. The predicted octanol–water partition coefficient (Wildman–Crippen LogP) is 2.87. The molecule has 0 spiro atoms. The largest absolute Gasteiger partial charge is 0.494 e. The van der Waals surface area contributed by atoms with E-state index in [0.717, 1.165) is 41.4 Å². The van der Waals surface area contributed by atoms with Crippen LogP contribution in [0.3, 0.4) is 0 Å². The SMILES string of the molecule is Cc1nn(C)c2c1[C@H](c1cccc(OCCCn3ccnc3)c1)CC(=O)N2. The second-order valence-corrected chi connectivity index (χ2v) is 6.85. The maximum Gasteiger partial charge on any atom is 0.226 e. The van der Waals surface area contributed by atoms with Gasteiger partial charge in [0, 0.05) is 43.9 Å². The summed E-state index contributed by atoms with van der Waals surface area (Å²) in [5.74, 6) is 1.63. The third-order valence-corrected chi connectivity index (χ3v) is 4.91. The summed E-state index contributed by atoms with van der Waals surface area (Å²) in [6.07, 6.45) is 6.85. The van der Waals surface area contributed by atoms with Crippen LogP contribution in [-0.4, -0.2) is 31.8 Å². The van der Waals surface area contributed by atoms with E-state index in [-0.39, 0.29) is 11.8 Å². The molecule has 1 aliphatic rings. The number of aromatic nitrogens is 4. The van der Waals surface area contributed by atoms with Gasteiger partial charge < -0.3 is 14.6 Å². The molecule has 140 valence electrons. The molecule has 3 heterocycles. The average Bonchev–Trinajstić information content (AvgIpc) is 3.27. The smallest absolute Gasteiger partial charge is 0.226 e. The Balaban J connectivity index is 1.48. The summed E-state index contributed by atoms with van der Waals surface area (Å²) >= 11 is 0. The molecule has 1 amide bonds. The fraction of sp³-hybridized carbons (Fsp3) is 0.350. The minimum absolute atomic E-state index is 0.00283. The van der Waals surface area contributed by atoms with Crippen LogP contribution in [0.15, 0.2) is 43.0 Å². The lowest BCUT2D eigenvalue weighted by Crippen LogP contribution is -2.24. The van der Waals surface area contributed by atoms with Crippen LogP contribution in [0.25, 0.3) is 0 Å². The van der Waals surface area contributed by atoms with Crippen molar-refractivity contribution in [3.8, 4) is 5.75 Å². The number of imidazole rings is 1. The predicted molar refractivity (Wildman–Crippen MR) is 102 cm³/mol. The summed E-state index contributed by atoms with van der Waals surface area (Å²) in [4.78, 5) is 16.2. The number of fused-ring (bicyclic) bond motifs is 1. The van der Waals surface area contributed by atoms with Crippen molar-refractivity contribution in [3.63, 3.8) is 0 Å². The first-order valence-electron chi connectivity index (χ1n) is 9.13. The van der Waals surface area contributed by atoms with Crippen molar-refractivity contribution in [1.29, 1.82) is 0 Å². The average molecular weight is 365 g/mol. The Morgan fingerprint density at radius 2 is 2.26 bits per heavy atom. The van der Waals surface area contributed by atoms with Crippen LogP contribution < -0.4 is 10.1 Å². The monoisotopic (exact) mass is 365 g/mol. The van der Waals surface area contributed by atoms with Crippen molar-refractivity contribution in [1.82, 2.24) is 19.3 Å². The Kier molecular flexibility index (Phi) is 4.66. The lowest BCUT2D eigenvalue weighted by molar-refractivity contribution is -0.116. The number of hydrogen-bond donors (Lipinski definition) is 1. The van der Waals surface area contributed by atoms with Gasteiger partial charge in [0.2, 0.25) is 5.91 Å². The zero-order valence-electron chi connectivity index (χ0n) is 15.6. The number of benzene rings is 1. The molecule has 4 rings (SSSR count). The number of carbonyl (C=O) groups is 1. The van der Waals surface area contributed by atoms with Crippen molar-refractivity contribution in [2.75, 3.05) is 11.9 Å². The summed E-state index contributed by atoms with van der Waals surface area (Å²) in [6.45, 7) is 3.49. The summed E-state index contributed by atoms with van der Waals surface area (Å²) < 4.78 is 9.71. The van der Waals surface area contributed by atoms with E-state index in [9.17, 15) is 4.79 Å². The highest BCUT2D eigenvalue weighted by Gasteiger charge is 2.31. The molecule has 0 radical (unpaired) electrons. The Morgan fingerprint density at radius 1 is 1.37 bits per heavy atom. The molecule has 1 atom stereocenters. The Hall–Kier alpha value is -3.09. The van der Waals surface area contributed by atoms with E-state index in [4.69, 9.17) is 4.74 Å². The van der Waals surface area contributed by atoms with Gasteiger partial charge >= 0.3 is 0 Å². The van der Waals surface area contributed by atoms with Crippen LogP contribution in [0.2, 0.25) is 0 Å². The summed E-state index contributed by atoms with van der Waals surface area (Å²) in [7, 11) is 1.86. The number of anilines is 1. The number of carbonyl (C=O) groups excluding carboxylic acids is 1. The molecule has 0 bridgehead atoms. The van der Waals surface area contributed by atoms with E-state index in [1.165, 1.54) is 0 Å². The molecule has 3 aromatic rings. The molecule has 1 aromatic carbocycles. The van der Waals surface area contributed by atoms with E-state index in [1.54, 1.807) is 10.9 Å². The molecular weight excluding hydrogens is 342 g/mol. The van der Waals surface area contributed by atoms with Crippen LogP contribution in [0.1, 0.15) is 35.6 Å². The molecular formula is C20H23N5O2. The topological polar surface area (TPSA) is 74.0 Å². The van der Waals surface area contributed by atoms with Crippen LogP contribution in [0.5, 0.6) is 5.75 Å². The Bertz CT molecular complexity index is 945. The normalized spacial score (nSPS) is 16.1. The molecule has 7 heteroatoms. The van der Waals surface area contributed by atoms with E-state index in [2.05, 4.69) is 21.5 Å². The van der Waals surface area contributed by atoms with Crippen LogP contribution >= 0.6 is 0 Å². The number of ether oxygens (including phenoxy) is 1. The van der Waals surface area contributed by atoms with Gasteiger partial charge in [0.05, 0.1) is 18.6 Å². The minimum atomic E-state index is -0.00283. The highest BCUT2D eigenvalue weighted by atomic mass is 16.5. The number of nitrogens with one attached hydrogen (secondary N) is 1. The van der Waals surface area contributed by atoms with Gasteiger partial charge in [-0.15, -0.1) is 0 Å². The summed E-state index contributed by atoms with van der Waals surface area (Å²) in [6, 6.07) is 8.04. The third-order valence-electron chi connectivity index (χ3n) is 4.91. The lowest BCUT2D eigenvalue weighted by Gasteiger charge is -2.24. The first-order chi connectivity index (χ1) is 13.1. The van der Waals surface area contributed by atoms with E-state index in [1.807, 2.05) is 49.3 Å². The second kappa shape index (κ2) is 7.26. The fourth-order valence-corrected chi connectivity index (χ4v) is 3.67. The van der Waals surface area contributed by atoms with Gasteiger partial charge in [0.1, 0.15) is 11.6 Å². The van der Waals surface area contributed by atoms with Crippen LogP contribution in [0, 0.1) is 6.92 Å². The highest BCUT2D eigenvalue weighted by molar-refractivity contribution is 5.94. The van der Waals surface area contributed by atoms with E-state index >= 15 is 0 Å². The maximum atomic E-state index is 12.2. The van der Waals surface area contributed by atoms with Gasteiger partial charge in [-0.3, -0.25) is 9.48 Å². The number of rotatable bonds is 6. The number of amides is 1. The molecule has 1 aliphatic heterocycles. The van der Waals surface area contributed by atoms with Crippen molar-refractivity contribution in [2.45, 2.75) is 32.2 Å². The molecule has 2 aromatic heterocycles. The molecule has 0 saturated heterocycles. The first-order valence-corrected chi connectivity index (χ1v) is 9.13. The van der Waals surface area contributed by atoms with Crippen LogP contribution in [-0.2, 0) is 18.4 Å². The van der Waals surface area contributed by atoms with Gasteiger partial charge in [0.25, 0.3) is 0 Å². The van der Waals surface area contributed by atoms with Crippen LogP contribution in [0.4, 0.5) is 5.82 Å². The van der Waals surface area contributed by atoms with Gasteiger partial charge in [-0.2, -0.15) is 5.10 Å². The van der Waals surface area contributed by atoms with E-state index in [0.29, 0.717) is 13.0 Å². The zero-order valence-corrected chi connectivity index (χ0v) is 15.6. The van der Waals surface area contributed by atoms with E-state index < -0.39 is 0 Å². The van der Waals surface area contributed by atoms with Crippen molar-refractivity contribution < 1.29 is 9.53 Å². The van der Waals surface area contributed by atoms with Crippen molar-refractivity contribution in [3.05, 3.63) is 59.8 Å². The highest BCUT2D eigenvalue weighted by Crippen LogP contribution is 2.39. The zero-order chi connectivity index (χ0) is 18.8. The van der Waals surface area contributed by atoms with Crippen molar-refractivity contribution >= 4 is 11.7 Å². The van der Waals surface area contributed by atoms with Gasteiger partial charge in [-0.1, -0.05) is 12.1 Å². The maximum absolute atomic E-state index is 12.2. The van der Waals surface area contributed by atoms with Gasteiger partial charge in [-0.05, 0) is 31.0 Å². The number of aryl methyl sites for hydroxylation is 3. The molecule has 0 unspecified atom stereocenters. The molecule has 7 nitrogen and oxygen atoms in total. The third kappa shape index (κ3) is 3.58. The molecule has 27 heavy (non-hydrogen) atoms. The molecule has 0 saturated carbocycles. The summed E-state index contributed by atoms with van der Waals surface area (Å²) in [5.41, 5.74) is 3.12. The Morgan fingerprint density at radius 3 is 3.07 bits per heavy atom.